The Morgan fingerprint density at radius 3 is 2.44 bits per heavy atom. The molecule has 0 unspecified atom stereocenters. The van der Waals surface area contributed by atoms with Gasteiger partial charge < -0.3 is 4.90 Å². The first-order valence-electron chi connectivity index (χ1n) is 5.57. The predicted octanol–water partition coefficient (Wildman–Crippen LogP) is 3.04. The third kappa shape index (κ3) is 1.93. The van der Waals surface area contributed by atoms with E-state index in [1.54, 1.807) is 18.0 Å². The van der Waals surface area contributed by atoms with Gasteiger partial charge in [0.15, 0.2) is 0 Å². The van der Waals surface area contributed by atoms with Crippen molar-refractivity contribution in [3.05, 3.63) is 75.6 Å². The minimum absolute atomic E-state index is 0.0506. The molecule has 0 atom stereocenters. The maximum atomic E-state index is 10.9. The second-order valence-electron chi connectivity index (χ2n) is 4.19. The van der Waals surface area contributed by atoms with Crippen LogP contribution in [0.15, 0.2) is 60.0 Å². The average Bonchev–Trinajstić information content (AvgIpc) is 2.35. The summed E-state index contributed by atoms with van der Waals surface area (Å²) in [5.74, 6) is 0. The lowest BCUT2D eigenvalue weighted by molar-refractivity contribution is -0.422. The SMILES string of the molecule is C=C1C([N+](=O)[O-])=CC(C)=C(c2ccccc2)N1C. The molecule has 92 valence electrons. The lowest BCUT2D eigenvalue weighted by Crippen LogP contribution is -2.24. The molecule has 18 heavy (non-hydrogen) atoms. The molecule has 0 N–H and O–H groups in total. The maximum Gasteiger partial charge on any atom is 0.292 e. The Morgan fingerprint density at radius 1 is 1.28 bits per heavy atom. The number of rotatable bonds is 2. The van der Waals surface area contributed by atoms with Gasteiger partial charge in [-0.1, -0.05) is 36.9 Å². The monoisotopic (exact) mass is 242 g/mol. The van der Waals surface area contributed by atoms with Crippen molar-refractivity contribution in [2.75, 3.05) is 7.05 Å². The maximum absolute atomic E-state index is 10.9. The van der Waals surface area contributed by atoms with Gasteiger partial charge in [-0.15, -0.1) is 0 Å². The zero-order valence-corrected chi connectivity index (χ0v) is 10.4. The predicted molar refractivity (Wildman–Crippen MR) is 71.0 cm³/mol. The van der Waals surface area contributed by atoms with Crippen molar-refractivity contribution in [1.82, 2.24) is 4.90 Å². The van der Waals surface area contributed by atoms with Gasteiger partial charge in [-0.3, -0.25) is 10.1 Å². The fourth-order valence-electron chi connectivity index (χ4n) is 2.10. The van der Waals surface area contributed by atoms with Crippen molar-refractivity contribution in [2.24, 2.45) is 0 Å². The van der Waals surface area contributed by atoms with Crippen LogP contribution in [0, 0.1) is 10.1 Å². The molecule has 0 bridgehead atoms. The van der Waals surface area contributed by atoms with Gasteiger partial charge in [0.2, 0.25) is 0 Å². The standard InChI is InChI=1S/C14H14N2O2/c1-10-9-13(16(17)18)11(2)15(3)14(10)12-7-5-4-6-8-12/h4-9H,2H2,1,3H3. The summed E-state index contributed by atoms with van der Waals surface area (Å²) in [6.45, 7) is 5.66. The Bertz CT molecular complexity index is 571. The number of nitrogens with zero attached hydrogens (tertiary/aromatic N) is 2. The highest BCUT2D eigenvalue weighted by atomic mass is 16.6. The zero-order valence-electron chi connectivity index (χ0n) is 10.4. The van der Waals surface area contributed by atoms with Crippen LogP contribution in [0.2, 0.25) is 0 Å². The minimum Gasteiger partial charge on any atom is -0.339 e. The Kier molecular flexibility index (Phi) is 3.02. The smallest absolute Gasteiger partial charge is 0.292 e. The minimum atomic E-state index is -0.399. The molecule has 0 fully saturated rings. The molecule has 1 aromatic rings. The van der Waals surface area contributed by atoms with E-state index in [4.69, 9.17) is 0 Å². The topological polar surface area (TPSA) is 46.4 Å². The van der Waals surface area contributed by atoms with Gasteiger partial charge in [0.1, 0.15) is 5.70 Å². The fraction of sp³-hybridized carbons (Fsp3) is 0.143. The van der Waals surface area contributed by atoms with E-state index in [1.807, 2.05) is 37.3 Å². The van der Waals surface area contributed by atoms with Gasteiger partial charge in [-0.05, 0) is 18.1 Å². The lowest BCUT2D eigenvalue weighted by Gasteiger charge is -2.28. The van der Waals surface area contributed by atoms with E-state index in [9.17, 15) is 10.1 Å². The summed E-state index contributed by atoms with van der Waals surface area (Å²) >= 11 is 0. The Hall–Kier alpha value is -2.36. The Labute approximate surface area is 106 Å². The molecule has 0 aromatic heterocycles. The second kappa shape index (κ2) is 4.49. The van der Waals surface area contributed by atoms with Crippen molar-refractivity contribution in [3.63, 3.8) is 0 Å². The number of hydrogen-bond donors (Lipinski definition) is 0. The van der Waals surface area contributed by atoms with Gasteiger partial charge in [-0.2, -0.15) is 0 Å². The molecule has 4 nitrogen and oxygen atoms in total. The fourth-order valence-corrected chi connectivity index (χ4v) is 2.10. The van der Waals surface area contributed by atoms with Crippen LogP contribution in [-0.2, 0) is 0 Å². The van der Waals surface area contributed by atoms with Crippen molar-refractivity contribution in [3.8, 4) is 0 Å². The molecule has 0 aliphatic carbocycles. The third-order valence-corrected chi connectivity index (χ3v) is 3.01. The van der Waals surface area contributed by atoms with Gasteiger partial charge in [0.25, 0.3) is 5.70 Å². The van der Waals surface area contributed by atoms with Gasteiger partial charge in [0, 0.05) is 13.1 Å². The molecular formula is C14H14N2O2. The van der Waals surface area contributed by atoms with E-state index < -0.39 is 4.92 Å². The second-order valence-corrected chi connectivity index (χ2v) is 4.19. The first-order chi connectivity index (χ1) is 8.52. The molecule has 2 rings (SSSR count). The summed E-state index contributed by atoms with van der Waals surface area (Å²) in [7, 11) is 1.80. The molecule has 0 saturated heterocycles. The number of hydrogen-bond acceptors (Lipinski definition) is 3. The van der Waals surface area contributed by atoms with E-state index in [1.165, 1.54) is 0 Å². The third-order valence-electron chi connectivity index (χ3n) is 3.01. The first-order valence-corrected chi connectivity index (χ1v) is 5.57. The van der Waals surface area contributed by atoms with Gasteiger partial charge >= 0.3 is 0 Å². The Balaban J connectivity index is 2.57. The molecule has 1 aromatic carbocycles. The quantitative estimate of drug-likeness (QED) is 0.591. The van der Waals surface area contributed by atoms with E-state index in [-0.39, 0.29) is 5.70 Å². The van der Waals surface area contributed by atoms with Gasteiger partial charge in [-0.25, -0.2) is 0 Å². The van der Waals surface area contributed by atoms with Crippen LogP contribution in [0.4, 0.5) is 0 Å². The summed E-state index contributed by atoms with van der Waals surface area (Å²) in [6, 6.07) is 9.79. The first kappa shape index (κ1) is 12.1. The number of allylic oxidation sites excluding steroid dienone is 2. The average molecular weight is 242 g/mol. The highest BCUT2D eigenvalue weighted by Crippen LogP contribution is 2.33. The van der Waals surface area contributed by atoms with Crippen LogP contribution in [0.5, 0.6) is 0 Å². The van der Waals surface area contributed by atoms with Crippen molar-refractivity contribution in [1.29, 1.82) is 0 Å². The summed E-state index contributed by atoms with van der Waals surface area (Å²) in [5, 5.41) is 10.9. The van der Waals surface area contributed by atoms with Crippen LogP contribution in [0.1, 0.15) is 12.5 Å². The highest BCUT2D eigenvalue weighted by Gasteiger charge is 2.27. The molecule has 1 aliphatic heterocycles. The molecule has 1 aliphatic rings. The molecule has 0 saturated carbocycles. The van der Waals surface area contributed by atoms with Crippen LogP contribution in [0.3, 0.4) is 0 Å². The molecule has 4 heteroatoms. The molecule has 1 heterocycles. The normalized spacial score (nSPS) is 15.8. The van der Waals surface area contributed by atoms with Crippen molar-refractivity contribution < 1.29 is 4.92 Å². The number of nitro groups is 1. The van der Waals surface area contributed by atoms with Crippen LogP contribution in [0.25, 0.3) is 5.70 Å². The van der Waals surface area contributed by atoms with E-state index in [2.05, 4.69) is 6.58 Å². The van der Waals surface area contributed by atoms with Crippen LogP contribution >= 0.6 is 0 Å². The molecular weight excluding hydrogens is 228 g/mol. The zero-order chi connectivity index (χ0) is 13.3. The lowest BCUT2D eigenvalue weighted by atomic mass is 10.0. The van der Waals surface area contributed by atoms with Crippen molar-refractivity contribution in [2.45, 2.75) is 6.92 Å². The summed E-state index contributed by atoms with van der Waals surface area (Å²) in [5.41, 5.74) is 3.30. The molecule has 0 spiro atoms. The van der Waals surface area contributed by atoms with Crippen molar-refractivity contribution >= 4 is 5.70 Å². The highest BCUT2D eigenvalue weighted by molar-refractivity contribution is 5.73. The number of benzene rings is 1. The van der Waals surface area contributed by atoms with Crippen LogP contribution in [-0.4, -0.2) is 16.9 Å². The molecule has 0 amide bonds. The number of likely N-dealkylation sites (N-methyl/N-ethyl adjacent to an activating group) is 1. The molecule has 0 radical (unpaired) electrons. The van der Waals surface area contributed by atoms with Gasteiger partial charge in [0.05, 0.1) is 10.6 Å². The summed E-state index contributed by atoms with van der Waals surface area (Å²) in [6.07, 6.45) is 1.57. The Morgan fingerprint density at radius 2 is 1.89 bits per heavy atom. The largest absolute Gasteiger partial charge is 0.339 e. The summed E-state index contributed by atoms with van der Waals surface area (Å²) < 4.78 is 0. The van der Waals surface area contributed by atoms with E-state index in [0.29, 0.717) is 5.70 Å². The van der Waals surface area contributed by atoms with E-state index >= 15 is 0 Å². The summed E-state index contributed by atoms with van der Waals surface area (Å²) in [4.78, 5) is 12.3. The van der Waals surface area contributed by atoms with E-state index in [0.717, 1.165) is 16.8 Å². The van der Waals surface area contributed by atoms with Crippen LogP contribution < -0.4 is 0 Å².